The summed E-state index contributed by atoms with van der Waals surface area (Å²) in [6.45, 7) is 5.97. The Morgan fingerprint density at radius 1 is 1.09 bits per heavy atom. The molecule has 2 aromatic carbocycles. The van der Waals surface area contributed by atoms with Crippen LogP contribution < -0.4 is 0 Å². The van der Waals surface area contributed by atoms with Gasteiger partial charge in [0.05, 0.1) is 35.7 Å². The highest BCUT2D eigenvalue weighted by Gasteiger charge is 2.32. The van der Waals surface area contributed by atoms with E-state index in [0.717, 1.165) is 48.1 Å². The second kappa shape index (κ2) is 10.0. The molecule has 188 valence electrons. The summed E-state index contributed by atoms with van der Waals surface area (Å²) in [5.74, 6) is -0.234. The van der Waals surface area contributed by atoms with Crippen molar-refractivity contribution in [3.8, 4) is 0 Å². The number of esters is 1. The lowest BCUT2D eigenvalue weighted by Crippen LogP contribution is -2.36. The van der Waals surface area contributed by atoms with Gasteiger partial charge in [0, 0.05) is 28.7 Å². The zero-order chi connectivity index (χ0) is 25.5. The first-order valence-corrected chi connectivity index (χ1v) is 12.2. The minimum Gasteiger partial charge on any atom is -0.469 e. The van der Waals surface area contributed by atoms with Crippen molar-refractivity contribution in [3.63, 3.8) is 0 Å². The molecule has 1 aliphatic heterocycles. The molecule has 0 spiro atoms. The highest BCUT2D eigenvalue weighted by molar-refractivity contribution is 6.36. The number of aryl methyl sites for hydroxylation is 2. The molecule has 1 saturated heterocycles. The van der Waals surface area contributed by atoms with Crippen LogP contribution >= 0.6 is 23.2 Å². The van der Waals surface area contributed by atoms with Gasteiger partial charge in [-0.1, -0.05) is 29.3 Å². The summed E-state index contributed by atoms with van der Waals surface area (Å²) >= 11 is 13.4. The second-order valence-corrected chi connectivity index (χ2v) is 9.98. The number of rotatable bonds is 5. The molecule has 0 aliphatic carbocycles. The fourth-order valence-electron chi connectivity index (χ4n) is 4.94. The quantitative estimate of drug-likeness (QED) is 0.335. The maximum Gasteiger partial charge on any atom is 0.416 e. The Kier molecular flexibility index (Phi) is 7.41. The Hall–Kier alpha value is -2.22. The molecule has 9 heteroatoms. The van der Waals surface area contributed by atoms with Crippen molar-refractivity contribution in [1.82, 2.24) is 9.47 Å². The van der Waals surface area contributed by atoms with E-state index in [2.05, 4.69) is 4.90 Å². The van der Waals surface area contributed by atoms with Crippen molar-refractivity contribution in [2.45, 2.75) is 46.0 Å². The van der Waals surface area contributed by atoms with Crippen molar-refractivity contribution in [2.75, 3.05) is 20.2 Å². The minimum atomic E-state index is -4.40. The van der Waals surface area contributed by atoms with E-state index < -0.39 is 11.7 Å². The maximum atomic E-state index is 13.3. The first kappa shape index (κ1) is 25.9. The lowest BCUT2D eigenvalue weighted by Gasteiger charge is -2.31. The molecule has 3 aromatic rings. The summed E-state index contributed by atoms with van der Waals surface area (Å²) < 4.78 is 46.8. The van der Waals surface area contributed by atoms with Crippen LogP contribution in [0.3, 0.4) is 0 Å². The maximum absolute atomic E-state index is 13.3. The Labute approximate surface area is 212 Å². The molecule has 2 heterocycles. The number of benzene rings is 2. The standard InChI is InChI=1S/C26H27Cl2F3N2O2/c1-15-10-19(26(29,30)31)11-20-16(2)12-33(24(15)20)14-21-22(27)5-4-18(23(21)28)13-32-8-6-17(7-9-32)25(34)35-3/h4-5,10-12,17H,6-9,13-14H2,1-3H3. The number of hydrogen-bond donors (Lipinski definition) is 0. The van der Waals surface area contributed by atoms with Gasteiger partial charge in [-0.25, -0.2) is 0 Å². The van der Waals surface area contributed by atoms with E-state index in [-0.39, 0.29) is 11.9 Å². The Morgan fingerprint density at radius 2 is 1.77 bits per heavy atom. The SMILES string of the molecule is COC(=O)C1CCN(Cc2ccc(Cl)c(Cn3cc(C)c4cc(C(F)(F)F)cc(C)c43)c2Cl)CC1. The average molecular weight is 527 g/mol. The molecule has 0 radical (unpaired) electrons. The van der Waals surface area contributed by atoms with Crippen LogP contribution in [0.1, 0.15) is 40.7 Å². The molecule has 35 heavy (non-hydrogen) atoms. The number of methoxy groups -OCH3 is 1. The molecule has 0 bridgehead atoms. The highest BCUT2D eigenvalue weighted by atomic mass is 35.5. The van der Waals surface area contributed by atoms with Crippen molar-refractivity contribution >= 4 is 40.1 Å². The number of halogens is 5. The average Bonchev–Trinajstić information content (AvgIpc) is 3.13. The molecule has 4 rings (SSSR count). The lowest BCUT2D eigenvalue weighted by molar-refractivity contribution is -0.147. The number of alkyl halides is 3. The Bertz CT molecular complexity index is 1260. The zero-order valence-corrected chi connectivity index (χ0v) is 21.3. The van der Waals surface area contributed by atoms with Crippen LogP contribution in [0.25, 0.3) is 10.9 Å². The van der Waals surface area contributed by atoms with Gasteiger partial charge < -0.3 is 9.30 Å². The monoisotopic (exact) mass is 526 g/mol. The van der Waals surface area contributed by atoms with Crippen LogP contribution in [0.5, 0.6) is 0 Å². The predicted octanol–water partition coefficient (Wildman–Crippen LogP) is 7.02. The van der Waals surface area contributed by atoms with Crippen LogP contribution in [-0.2, 0) is 28.8 Å². The van der Waals surface area contributed by atoms with Crippen molar-refractivity contribution in [2.24, 2.45) is 5.92 Å². The van der Waals surface area contributed by atoms with Crippen molar-refractivity contribution in [3.05, 3.63) is 68.3 Å². The van der Waals surface area contributed by atoms with Crippen LogP contribution in [-0.4, -0.2) is 35.6 Å². The van der Waals surface area contributed by atoms with Crippen LogP contribution in [0.15, 0.2) is 30.5 Å². The molecule has 0 atom stereocenters. The Morgan fingerprint density at radius 3 is 2.40 bits per heavy atom. The number of carbonyl (C=O) groups is 1. The van der Waals surface area contributed by atoms with E-state index in [1.165, 1.54) is 19.2 Å². The van der Waals surface area contributed by atoms with Gasteiger partial charge in [-0.05, 0) is 74.7 Å². The van der Waals surface area contributed by atoms with Gasteiger partial charge in [-0.2, -0.15) is 13.2 Å². The van der Waals surface area contributed by atoms with E-state index in [1.807, 2.05) is 22.9 Å². The van der Waals surface area contributed by atoms with Crippen LogP contribution in [0.2, 0.25) is 10.0 Å². The van der Waals surface area contributed by atoms with Gasteiger partial charge in [-0.15, -0.1) is 0 Å². The van der Waals surface area contributed by atoms with Gasteiger partial charge in [0.2, 0.25) is 0 Å². The number of ether oxygens (including phenoxy) is 1. The van der Waals surface area contributed by atoms with E-state index in [4.69, 9.17) is 27.9 Å². The first-order valence-electron chi connectivity index (χ1n) is 11.4. The number of fused-ring (bicyclic) bond motifs is 1. The largest absolute Gasteiger partial charge is 0.469 e. The third-order valence-electron chi connectivity index (χ3n) is 6.80. The van der Waals surface area contributed by atoms with Gasteiger partial charge in [-0.3, -0.25) is 9.69 Å². The zero-order valence-electron chi connectivity index (χ0n) is 19.8. The molecule has 1 fully saturated rings. The van der Waals surface area contributed by atoms with Gasteiger partial charge in [0.1, 0.15) is 0 Å². The summed E-state index contributed by atoms with van der Waals surface area (Å²) in [5.41, 5.74) is 3.03. The molecule has 0 amide bonds. The summed E-state index contributed by atoms with van der Waals surface area (Å²) in [4.78, 5) is 14.0. The van der Waals surface area contributed by atoms with Crippen LogP contribution in [0, 0.1) is 19.8 Å². The van der Waals surface area contributed by atoms with Crippen LogP contribution in [0.4, 0.5) is 13.2 Å². The van der Waals surface area contributed by atoms with E-state index in [1.54, 1.807) is 13.8 Å². The molecule has 0 unspecified atom stereocenters. The van der Waals surface area contributed by atoms with Gasteiger partial charge in [0.25, 0.3) is 0 Å². The highest BCUT2D eigenvalue weighted by Crippen LogP contribution is 2.37. The van der Waals surface area contributed by atoms with E-state index in [9.17, 15) is 18.0 Å². The third-order valence-corrected chi connectivity index (χ3v) is 7.62. The fourth-order valence-corrected chi connectivity index (χ4v) is 5.49. The fraction of sp³-hybridized carbons (Fsp3) is 0.423. The molecule has 0 saturated carbocycles. The Balaban J connectivity index is 1.60. The molecular weight excluding hydrogens is 500 g/mol. The summed E-state index contributed by atoms with van der Waals surface area (Å²) in [5, 5.41) is 1.62. The van der Waals surface area contributed by atoms with Gasteiger partial charge in [0.15, 0.2) is 0 Å². The summed E-state index contributed by atoms with van der Waals surface area (Å²) in [7, 11) is 1.41. The summed E-state index contributed by atoms with van der Waals surface area (Å²) in [6.07, 6.45) is -1.09. The van der Waals surface area contributed by atoms with Crippen molar-refractivity contribution < 1.29 is 22.7 Å². The lowest BCUT2D eigenvalue weighted by atomic mass is 9.96. The smallest absolute Gasteiger partial charge is 0.416 e. The number of carbonyl (C=O) groups excluding carboxylic acids is 1. The number of aromatic nitrogens is 1. The number of piperidine rings is 1. The molecule has 4 nitrogen and oxygen atoms in total. The number of hydrogen-bond acceptors (Lipinski definition) is 3. The second-order valence-electron chi connectivity index (χ2n) is 9.20. The van der Waals surface area contributed by atoms with E-state index >= 15 is 0 Å². The number of nitrogens with zero attached hydrogens (tertiary/aromatic N) is 2. The molecular formula is C26H27Cl2F3N2O2. The number of likely N-dealkylation sites (tertiary alicyclic amines) is 1. The van der Waals surface area contributed by atoms with Gasteiger partial charge >= 0.3 is 12.1 Å². The minimum absolute atomic E-state index is 0.0705. The topological polar surface area (TPSA) is 34.5 Å². The third kappa shape index (κ3) is 5.32. The summed E-state index contributed by atoms with van der Waals surface area (Å²) in [6, 6.07) is 6.09. The predicted molar refractivity (Wildman–Crippen MR) is 132 cm³/mol. The molecule has 0 N–H and O–H groups in total. The molecule has 1 aliphatic rings. The van der Waals surface area contributed by atoms with E-state index in [0.29, 0.717) is 34.1 Å². The normalized spacial score (nSPS) is 15.7. The molecule has 1 aromatic heterocycles. The first-order chi connectivity index (χ1) is 16.5. The van der Waals surface area contributed by atoms with Crippen molar-refractivity contribution in [1.29, 1.82) is 0 Å².